The summed E-state index contributed by atoms with van der Waals surface area (Å²) >= 11 is 0. The molecule has 1 saturated heterocycles. The van der Waals surface area contributed by atoms with Crippen molar-refractivity contribution in [1.29, 1.82) is 0 Å². The number of piperidine rings is 1. The first-order chi connectivity index (χ1) is 13.5. The highest BCUT2D eigenvalue weighted by molar-refractivity contribution is 6.11. The molecular weight excluding hydrogens is 362 g/mol. The number of carbonyl (C=O) groups excluding carboxylic acids is 2. The summed E-state index contributed by atoms with van der Waals surface area (Å²) < 4.78 is 16.0. The highest BCUT2D eigenvalue weighted by atomic mass is 16.7. The number of carbonyl (C=O) groups is 2. The molecule has 2 N–H and O–H groups in total. The third-order valence-corrected chi connectivity index (χ3v) is 5.14. The van der Waals surface area contributed by atoms with Gasteiger partial charge in [0.1, 0.15) is 5.69 Å². The van der Waals surface area contributed by atoms with Crippen LogP contribution < -0.4 is 14.8 Å². The molecule has 150 valence electrons. The van der Waals surface area contributed by atoms with Crippen LogP contribution in [0.25, 0.3) is 10.9 Å². The first-order valence-electron chi connectivity index (χ1n) is 9.69. The molecule has 2 aliphatic rings. The average Bonchev–Trinajstić information content (AvgIpc) is 3.24. The Labute approximate surface area is 163 Å². The lowest BCUT2D eigenvalue weighted by Crippen LogP contribution is -2.39. The van der Waals surface area contributed by atoms with Crippen molar-refractivity contribution in [1.82, 2.24) is 9.88 Å². The molecule has 3 heterocycles. The van der Waals surface area contributed by atoms with Gasteiger partial charge in [0.15, 0.2) is 11.5 Å². The number of nitrogens with one attached hydrogen (secondary N) is 2. The predicted octanol–water partition coefficient (Wildman–Crippen LogP) is 2.74. The van der Waals surface area contributed by atoms with E-state index < -0.39 is 5.97 Å². The van der Waals surface area contributed by atoms with Crippen molar-refractivity contribution in [2.24, 2.45) is 5.92 Å². The molecule has 1 atom stereocenters. The van der Waals surface area contributed by atoms with Crippen LogP contribution in [0.5, 0.6) is 11.5 Å². The summed E-state index contributed by atoms with van der Waals surface area (Å²) in [6.45, 7) is 6.46. The number of ether oxygens (including phenoxy) is 3. The normalized spacial score (nSPS) is 19.0. The molecule has 0 bridgehead atoms. The predicted molar refractivity (Wildman–Crippen MR) is 104 cm³/mol. The summed E-state index contributed by atoms with van der Waals surface area (Å²) in [5, 5.41) is 3.60. The summed E-state index contributed by atoms with van der Waals surface area (Å²) in [7, 11) is 0. The molecule has 0 saturated carbocycles. The van der Waals surface area contributed by atoms with Crippen molar-refractivity contribution in [3.05, 3.63) is 17.8 Å². The Morgan fingerprint density at radius 2 is 2.11 bits per heavy atom. The van der Waals surface area contributed by atoms with Crippen LogP contribution in [0.3, 0.4) is 0 Å². The Bertz CT molecular complexity index is 907. The Balaban J connectivity index is 1.62. The number of benzene rings is 1. The fourth-order valence-corrected chi connectivity index (χ4v) is 3.88. The minimum absolute atomic E-state index is 0.154. The largest absolute Gasteiger partial charge is 0.461 e. The maximum absolute atomic E-state index is 12.7. The Hall–Kier alpha value is -2.74. The molecule has 8 heteroatoms. The lowest BCUT2D eigenvalue weighted by atomic mass is 10.0. The quantitative estimate of drug-likeness (QED) is 0.767. The lowest BCUT2D eigenvalue weighted by molar-refractivity contribution is -0.117. The molecule has 1 aromatic carbocycles. The van der Waals surface area contributed by atoms with E-state index >= 15 is 0 Å². The van der Waals surface area contributed by atoms with Crippen molar-refractivity contribution in [2.75, 3.05) is 38.4 Å². The molecule has 0 aliphatic carbocycles. The van der Waals surface area contributed by atoms with E-state index in [-0.39, 0.29) is 25.0 Å². The zero-order chi connectivity index (χ0) is 19.7. The molecule has 1 aromatic heterocycles. The third kappa shape index (κ3) is 3.64. The maximum Gasteiger partial charge on any atom is 0.356 e. The summed E-state index contributed by atoms with van der Waals surface area (Å²) in [6.07, 6.45) is 2.29. The number of rotatable bonds is 5. The first kappa shape index (κ1) is 18.6. The van der Waals surface area contributed by atoms with Gasteiger partial charge < -0.3 is 24.5 Å². The Kier molecular flexibility index (Phi) is 5.13. The number of likely N-dealkylation sites (tertiary alicyclic amines) is 1. The number of nitrogens with zero attached hydrogens (tertiary/aromatic N) is 1. The van der Waals surface area contributed by atoms with Gasteiger partial charge in [-0.15, -0.1) is 0 Å². The molecule has 1 fully saturated rings. The van der Waals surface area contributed by atoms with Crippen LogP contribution in [-0.2, 0) is 9.53 Å². The molecule has 4 rings (SSSR count). The number of esters is 1. The van der Waals surface area contributed by atoms with Gasteiger partial charge >= 0.3 is 5.97 Å². The van der Waals surface area contributed by atoms with Gasteiger partial charge in [-0.1, -0.05) is 6.92 Å². The van der Waals surface area contributed by atoms with Crippen LogP contribution >= 0.6 is 0 Å². The standard InChI is InChI=1S/C20H25N3O5/c1-3-26-20(25)19-18(22-17(24)10-23-6-4-5-12(2)9-23)13-7-15-16(28-11-27-15)8-14(13)21-19/h7-8,12,21H,3-6,9-11H2,1-2H3,(H,22,24). The lowest BCUT2D eigenvalue weighted by Gasteiger charge is -2.30. The minimum Gasteiger partial charge on any atom is -0.461 e. The van der Waals surface area contributed by atoms with Crippen LogP contribution in [0.1, 0.15) is 37.2 Å². The first-order valence-corrected chi connectivity index (χ1v) is 9.69. The number of fused-ring (bicyclic) bond motifs is 2. The highest BCUT2D eigenvalue weighted by Crippen LogP contribution is 2.40. The van der Waals surface area contributed by atoms with Crippen LogP contribution in [0.4, 0.5) is 5.69 Å². The van der Waals surface area contributed by atoms with Crippen LogP contribution in [-0.4, -0.2) is 54.8 Å². The van der Waals surface area contributed by atoms with Gasteiger partial charge in [0, 0.05) is 18.0 Å². The topological polar surface area (TPSA) is 92.9 Å². The fourth-order valence-electron chi connectivity index (χ4n) is 3.88. The molecule has 8 nitrogen and oxygen atoms in total. The van der Waals surface area contributed by atoms with Crippen LogP contribution in [0, 0.1) is 5.92 Å². The van der Waals surface area contributed by atoms with E-state index in [4.69, 9.17) is 14.2 Å². The van der Waals surface area contributed by atoms with Gasteiger partial charge in [-0.05, 0) is 38.3 Å². The minimum atomic E-state index is -0.511. The molecule has 28 heavy (non-hydrogen) atoms. The van der Waals surface area contributed by atoms with Gasteiger partial charge in [0.2, 0.25) is 12.7 Å². The van der Waals surface area contributed by atoms with Crippen molar-refractivity contribution in [2.45, 2.75) is 26.7 Å². The summed E-state index contributed by atoms with van der Waals surface area (Å²) in [4.78, 5) is 30.4. The number of hydrogen-bond acceptors (Lipinski definition) is 6. The average molecular weight is 387 g/mol. The summed E-state index contributed by atoms with van der Waals surface area (Å²) in [5.74, 6) is 1.11. The van der Waals surface area contributed by atoms with Gasteiger partial charge in [-0.2, -0.15) is 0 Å². The Morgan fingerprint density at radius 3 is 2.86 bits per heavy atom. The molecule has 0 spiro atoms. The number of hydrogen-bond donors (Lipinski definition) is 2. The van der Waals surface area contributed by atoms with E-state index in [2.05, 4.69) is 22.1 Å². The second-order valence-corrected chi connectivity index (χ2v) is 7.38. The number of aromatic amines is 1. The van der Waals surface area contributed by atoms with E-state index in [0.29, 0.717) is 40.6 Å². The summed E-state index contributed by atoms with van der Waals surface area (Å²) in [5.41, 5.74) is 1.32. The smallest absolute Gasteiger partial charge is 0.356 e. The number of anilines is 1. The molecule has 1 unspecified atom stereocenters. The fraction of sp³-hybridized carbons (Fsp3) is 0.500. The van der Waals surface area contributed by atoms with E-state index in [1.807, 2.05) is 0 Å². The molecule has 2 aromatic rings. The number of amides is 1. The van der Waals surface area contributed by atoms with Crippen LogP contribution in [0.15, 0.2) is 12.1 Å². The monoisotopic (exact) mass is 387 g/mol. The zero-order valence-corrected chi connectivity index (χ0v) is 16.2. The molecule has 1 amide bonds. The van der Waals surface area contributed by atoms with E-state index in [1.165, 1.54) is 6.42 Å². The SMILES string of the molecule is CCOC(=O)c1[nH]c2cc3c(cc2c1NC(=O)CN1CCCC(C)C1)OCO3. The summed E-state index contributed by atoms with van der Waals surface area (Å²) in [6, 6.07) is 3.54. The van der Waals surface area contributed by atoms with Crippen LogP contribution in [0.2, 0.25) is 0 Å². The van der Waals surface area contributed by atoms with E-state index in [9.17, 15) is 9.59 Å². The van der Waals surface area contributed by atoms with E-state index in [1.54, 1.807) is 19.1 Å². The second kappa shape index (κ2) is 7.71. The van der Waals surface area contributed by atoms with Gasteiger partial charge in [0.25, 0.3) is 0 Å². The second-order valence-electron chi connectivity index (χ2n) is 7.38. The molecule has 2 aliphatic heterocycles. The van der Waals surface area contributed by atoms with Crippen molar-refractivity contribution in [3.63, 3.8) is 0 Å². The van der Waals surface area contributed by atoms with Crippen molar-refractivity contribution in [3.8, 4) is 11.5 Å². The van der Waals surface area contributed by atoms with Crippen molar-refractivity contribution < 1.29 is 23.8 Å². The zero-order valence-electron chi connectivity index (χ0n) is 16.2. The van der Waals surface area contributed by atoms with Gasteiger partial charge in [-0.3, -0.25) is 9.69 Å². The van der Waals surface area contributed by atoms with Gasteiger partial charge in [0.05, 0.1) is 24.4 Å². The number of aromatic nitrogens is 1. The molecular formula is C20H25N3O5. The van der Waals surface area contributed by atoms with Gasteiger partial charge in [-0.25, -0.2) is 4.79 Å². The number of H-pyrrole nitrogens is 1. The highest BCUT2D eigenvalue weighted by Gasteiger charge is 2.25. The maximum atomic E-state index is 12.7. The third-order valence-electron chi connectivity index (χ3n) is 5.14. The van der Waals surface area contributed by atoms with Crippen molar-refractivity contribution >= 4 is 28.5 Å². The van der Waals surface area contributed by atoms with E-state index in [0.717, 1.165) is 19.5 Å². The Morgan fingerprint density at radius 1 is 1.32 bits per heavy atom. The molecule has 0 radical (unpaired) electrons.